The summed E-state index contributed by atoms with van der Waals surface area (Å²) in [5.41, 5.74) is -2.53. The third-order valence-corrected chi connectivity index (χ3v) is 6.13. The SMILES string of the molecule is CCOc1cc(/C=C2\C(=O)NC(=O)N(c3ccccc3Cl)C2=O)cc(Cl)c1Oc1ccc(C(F)(F)F)cc1[N+](=O)[O-]. The van der Waals surface area contributed by atoms with Crippen molar-refractivity contribution in [3.05, 3.63) is 91.5 Å². The largest absolute Gasteiger partial charge is 0.490 e. The number of halogens is 5. The summed E-state index contributed by atoms with van der Waals surface area (Å²) in [6.45, 7) is 1.63. The Labute approximate surface area is 239 Å². The number of nitrogens with one attached hydrogen (secondary N) is 1. The monoisotopic (exact) mass is 609 g/mol. The van der Waals surface area contributed by atoms with E-state index in [-0.39, 0.29) is 39.4 Å². The number of nitrogens with zero attached hydrogens (tertiary/aromatic N) is 2. The van der Waals surface area contributed by atoms with E-state index in [1.807, 2.05) is 0 Å². The van der Waals surface area contributed by atoms with Crippen molar-refractivity contribution in [1.82, 2.24) is 5.32 Å². The van der Waals surface area contributed by atoms with Crippen LogP contribution >= 0.6 is 23.2 Å². The minimum atomic E-state index is -4.83. The first-order chi connectivity index (χ1) is 19.3. The lowest BCUT2D eigenvalue weighted by molar-refractivity contribution is -0.385. The number of nitro groups is 1. The van der Waals surface area contributed by atoms with Crippen LogP contribution in [0.15, 0.2) is 60.2 Å². The Morgan fingerprint density at radius 1 is 1.02 bits per heavy atom. The fourth-order valence-electron chi connectivity index (χ4n) is 3.74. The molecule has 0 aromatic heterocycles. The van der Waals surface area contributed by atoms with Gasteiger partial charge in [0, 0.05) is 6.07 Å². The number of nitro benzene ring substituents is 1. The highest BCUT2D eigenvalue weighted by molar-refractivity contribution is 6.42. The van der Waals surface area contributed by atoms with Gasteiger partial charge in [-0.3, -0.25) is 25.0 Å². The number of hydrogen-bond donors (Lipinski definition) is 1. The summed E-state index contributed by atoms with van der Waals surface area (Å²) < 4.78 is 50.3. The molecule has 212 valence electrons. The van der Waals surface area contributed by atoms with Gasteiger partial charge in [-0.2, -0.15) is 13.2 Å². The molecule has 0 saturated carbocycles. The van der Waals surface area contributed by atoms with Crippen LogP contribution in [0, 0.1) is 10.1 Å². The molecular weight excluding hydrogens is 594 g/mol. The highest BCUT2D eigenvalue weighted by Gasteiger charge is 2.38. The van der Waals surface area contributed by atoms with Gasteiger partial charge in [0.1, 0.15) is 5.57 Å². The van der Waals surface area contributed by atoms with Crippen molar-refractivity contribution in [2.75, 3.05) is 11.5 Å². The van der Waals surface area contributed by atoms with Crippen molar-refractivity contribution >= 4 is 58.5 Å². The summed E-state index contributed by atoms with van der Waals surface area (Å²) in [7, 11) is 0. The minimum absolute atomic E-state index is 0.0324. The van der Waals surface area contributed by atoms with E-state index in [0.29, 0.717) is 17.0 Å². The van der Waals surface area contributed by atoms with Crippen LogP contribution in [0.3, 0.4) is 0 Å². The number of hydrogen-bond acceptors (Lipinski definition) is 7. The average molecular weight is 610 g/mol. The number of benzene rings is 3. The number of amides is 4. The molecule has 0 aliphatic carbocycles. The predicted molar refractivity (Wildman–Crippen MR) is 141 cm³/mol. The van der Waals surface area contributed by atoms with E-state index in [0.717, 1.165) is 12.1 Å². The molecular formula is C26H16Cl2F3N3O7. The van der Waals surface area contributed by atoms with Crippen molar-refractivity contribution in [3.8, 4) is 17.2 Å². The quantitative estimate of drug-likeness (QED) is 0.135. The Hall–Kier alpha value is -4.62. The van der Waals surface area contributed by atoms with Crippen LogP contribution < -0.4 is 19.7 Å². The molecule has 0 radical (unpaired) electrons. The first-order valence-electron chi connectivity index (χ1n) is 11.5. The topological polar surface area (TPSA) is 128 Å². The van der Waals surface area contributed by atoms with Gasteiger partial charge < -0.3 is 9.47 Å². The van der Waals surface area contributed by atoms with E-state index in [1.54, 1.807) is 13.0 Å². The Balaban J connectivity index is 1.75. The Morgan fingerprint density at radius 3 is 2.37 bits per heavy atom. The van der Waals surface area contributed by atoms with E-state index < -0.39 is 51.5 Å². The summed E-state index contributed by atoms with van der Waals surface area (Å²) in [5, 5.41) is 13.4. The highest BCUT2D eigenvalue weighted by Crippen LogP contribution is 2.44. The summed E-state index contributed by atoms with van der Waals surface area (Å²) in [6, 6.07) is 9.17. The van der Waals surface area contributed by atoms with Crippen molar-refractivity contribution in [1.29, 1.82) is 0 Å². The number of rotatable bonds is 7. The first kappa shape index (κ1) is 29.4. The lowest BCUT2D eigenvalue weighted by Gasteiger charge is -2.27. The molecule has 15 heteroatoms. The van der Waals surface area contributed by atoms with E-state index >= 15 is 0 Å². The van der Waals surface area contributed by atoms with Gasteiger partial charge in [0.2, 0.25) is 5.75 Å². The number of carbonyl (C=O) groups excluding carboxylic acids is 3. The second-order valence-electron chi connectivity index (χ2n) is 8.21. The summed E-state index contributed by atoms with van der Waals surface area (Å²) in [5.74, 6) is -2.91. The summed E-state index contributed by atoms with van der Waals surface area (Å²) in [4.78, 5) is 49.3. The lowest BCUT2D eigenvalue weighted by Crippen LogP contribution is -2.54. The zero-order valence-electron chi connectivity index (χ0n) is 20.6. The molecule has 1 fully saturated rings. The molecule has 4 rings (SSSR count). The maximum atomic E-state index is 13.2. The van der Waals surface area contributed by atoms with Gasteiger partial charge in [0.15, 0.2) is 11.5 Å². The van der Waals surface area contributed by atoms with E-state index in [9.17, 15) is 37.7 Å². The standard InChI is InChI=1S/C26H16Cl2F3N3O7/c1-2-40-21-11-13(9-15-23(35)32-25(37)33(24(15)36)18-6-4-3-5-16(18)27)10-17(28)22(21)41-20-8-7-14(26(29,30)31)12-19(20)34(38)39/h3-12H,2H2,1H3,(H,32,35,37)/b15-9+. The number of alkyl halides is 3. The molecule has 10 nitrogen and oxygen atoms in total. The van der Waals surface area contributed by atoms with Crippen LogP contribution in [-0.4, -0.2) is 29.4 Å². The summed E-state index contributed by atoms with van der Waals surface area (Å²) in [6.07, 6.45) is -3.71. The fourth-order valence-corrected chi connectivity index (χ4v) is 4.22. The molecule has 3 aromatic rings. The van der Waals surface area contributed by atoms with Crippen LogP contribution in [0.2, 0.25) is 10.0 Å². The van der Waals surface area contributed by atoms with Gasteiger partial charge in [-0.25, -0.2) is 9.69 Å². The molecule has 0 unspecified atom stereocenters. The Morgan fingerprint density at radius 2 is 1.73 bits per heavy atom. The Kier molecular flexibility index (Phi) is 8.22. The lowest BCUT2D eigenvalue weighted by atomic mass is 10.1. The van der Waals surface area contributed by atoms with Crippen LogP contribution in [0.1, 0.15) is 18.1 Å². The maximum absolute atomic E-state index is 13.2. The number of anilines is 1. The average Bonchev–Trinajstić information content (AvgIpc) is 2.89. The van der Waals surface area contributed by atoms with Gasteiger partial charge in [-0.1, -0.05) is 35.3 Å². The number of carbonyl (C=O) groups is 3. The maximum Gasteiger partial charge on any atom is 0.416 e. The zero-order valence-corrected chi connectivity index (χ0v) is 22.1. The van der Waals surface area contributed by atoms with E-state index in [2.05, 4.69) is 5.32 Å². The second-order valence-corrected chi connectivity index (χ2v) is 9.03. The zero-order chi connectivity index (χ0) is 30.1. The molecule has 41 heavy (non-hydrogen) atoms. The highest BCUT2D eigenvalue weighted by atomic mass is 35.5. The molecule has 1 aliphatic rings. The van der Waals surface area contributed by atoms with Crippen LogP contribution in [0.5, 0.6) is 17.2 Å². The van der Waals surface area contributed by atoms with Crippen molar-refractivity contribution in [3.63, 3.8) is 0 Å². The molecule has 0 bridgehead atoms. The van der Waals surface area contributed by atoms with Gasteiger partial charge in [-0.05, 0) is 55.0 Å². The number of ether oxygens (including phenoxy) is 2. The first-order valence-corrected chi connectivity index (χ1v) is 12.2. The number of urea groups is 1. The third kappa shape index (κ3) is 6.10. The Bertz CT molecular complexity index is 1630. The van der Waals surface area contributed by atoms with E-state index in [4.69, 9.17) is 32.7 Å². The fraction of sp³-hybridized carbons (Fsp3) is 0.115. The van der Waals surface area contributed by atoms with Crippen molar-refractivity contribution in [2.24, 2.45) is 0 Å². The second kappa shape index (κ2) is 11.5. The van der Waals surface area contributed by atoms with Gasteiger partial charge in [0.25, 0.3) is 11.8 Å². The normalized spacial score (nSPS) is 14.7. The number of imide groups is 2. The predicted octanol–water partition coefficient (Wildman–Crippen LogP) is 6.78. The van der Waals surface area contributed by atoms with Crippen LogP contribution in [0.25, 0.3) is 6.08 Å². The summed E-state index contributed by atoms with van der Waals surface area (Å²) >= 11 is 12.5. The van der Waals surface area contributed by atoms with Gasteiger partial charge in [0.05, 0.1) is 32.8 Å². The third-order valence-electron chi connectivity index (χ3n) is 5.53. The van der Waals surface area contributed by atoms with Crippen LogP contribution in [-0.2, 0) is 15.8 Å². The molecule has 1 saturated heterocycles. The minimum Gasteiger partial charge on any atom is -0.490 e. The molecule has 0 spiro atoms. The number of para-hydroxylation sites is 1. The molecule has 1 heterocycles. The van der Waals surface area contributed by atoms with Crippen molar-refractivity contribution < 1.29 is 42.0 Å². The smallest absolute Gasteiger partial charge is 0.416 e. The van der Waals surface area contributed by atoms with Crippen LogP contribution in [0.4, 0.5) is 29.3 Å². The van der Waals surface area contributed by atoms with E-state index in [1.165, 1.54) is 30.3 Å². The van der Waals surface area contributed by atoms with Crippen molar-refractivity contribution in [2.45, 2.75) is 13.1 Å². The van der Waals surface area contributed by atoms with Gasteiger partial charge in [-0.15, -0.1) is 0 Å². The molecule has 1 aliphatic heterocycles. The molecule has 1 N–H and O–H groups in total. The molecule has 0 atom stereocenters. The molecule has 3 aromatic carbocycles. The number of barbiturate groups is 1. The molecule has 4 amide bonds. The van der Waals surface area contributed by atoms with Gasteiger partial charge >= 0.3 is 17.9 Å².